The van der Waals surface area contributed by atoms with Gasteiger partial charge in [0.1, 0.15) is 11.6 Å². The summed E-state index contributed by atoms with van der Waals surface area (Å²) >= 11 is 0. The molecule has 2 aromatic rings. The van der Waals surface area contributed by atoms with Crippen molar-refractivity contribution < 1.29 is 8.78 Å². The van der Waals surface area contributed by atoms with Crippen molar-refractivity contribution in [2.24, 2.45) is 0 Å². The van der Waals surface area contributed by atoms with Gasteiger partial charge in [0.05, 0.1) is 5.69 Å². The predicted octanol–water partition coefficient (Wildman–Crippen LogP) is 2.95. The summed E-state index contributed by atoms with van der Waals surface area (Å²) in [6.45, 7) is 3.92. The van der Waals surface area contributed by atoms with Crippen LogP contribution in [-0.4, -0.2) is 41.3 Å². The van der Waals surface area contributed by atoms with Gasteiger partial charge in [-0.05, 0) is 42.7 Å². The molecule has 0 spiro atoms. The molecular formula is C18H20F2N4. The molecule has 0 radical (unpaired) electrons. The van der Waals surface area contributed by atoms with Crippen LogP contribution in [0.3, 0.4) is 0 Å². The number of nitrogens with zero attached hydrogens (tertiary/aromatic N) is 4. The van der Waals surface area contributed by atoms with E-state index in [0.29, 0.717) is 18.0 Å². The number of piperazine rings is 1. The van der Waals surface area contributed by atoms with E-state index in [9.17, 15) is 8.78 Å². The number of hydrogen-bond acceptors (Lipinski definition) is 4. The molecule has 1 saturated carbocycles. The van der Waals surface area contributed by atoms with E-state index in [4.69, 9.17) is 0 Å². The largest absolute Gasteiger partial charge is 0.353 e. The second kappa shape index (κ2) is 6.43. The molecule has 1 aliphatic carbocycles. The number of hydrogen-bond donors (Lipinski definition) is 0. The smallest absolute Gasteiger partial charge is 0.151 e. The first-order valence-corrected chi connectivity index (χ1v) is 8.43. The number of rotatable bonds is 4. The van der Waals surface area contributed by atoms with Gasteiger partial charge in [-0.2, -0.15) is 5.10 Å². The zero-order valence-electron chi connectivity index (χ0n) is 13.5. The minimum Gasteiger partial charge on any atom is -0.353 e. The van der Waals surface area contributed by atoms with E-state index in [1.807, 2.05) is 0 Å². The molecule has 0 amide bonds. The third-order valence-corrected chi connectivity index (χ3v) is 4.69. The van der Waals surface area contributed by atoms with Crippen molar-refractivity contribution in [1.82, 2.24) is 15.1 Å². The SMILES string of the molecule is Fc1cc(F)cc(CN2CCN(c3ccc(C4CC4)nn3)CC2)c1. The van der Waals surface area contributed by atoms with Crippen LogP contribution < -0.4 is 4.90 Å². The Bertz CT molecular complexity index is 687. The van der Waals surface area contributed by atoms with Gasteiger partial charge >= 0.3 is 0 Å². The van der Waals surface area contributed by atoms with E-state index in [1.165, 1.54) is 25.0 Å². The maximum absolute atomic E-state index is 13.3. The first-order chi connectivity index (χ1) is 11.7. The summed E-state index contributed by atoms with van der Waals surface area (Å²) in [5.41, 5.74) is 1.78. The van der Waals surface area contributed by atoms with Gasteiger partial charge in [-0.15, -0.1) is 5.10 Å². The van der Waals surface area contributed by atoms with Crippen LogP contribution in [0.4, 0.5) is 14.6 Å². The first kappa shape index (κ1) is 15.4. The molecule has 0 atom stereocenters. The Kier molecular flexibility index (Phi) is 4.14. The van der Waals surface area contributed by atoms with Crippen LogP contribution in [0.15, 0.2) is 30.3 Å². The third kappa shape index (κ3) is 3.53. The normalized spacial score (nSPS) is 18.8. The van der Waals surface area contributed by atoms with E-state index in [0.717, 1.165) is 43.8 Å². The zero-order valence-corrected chi connectivity index (χ0v) is 13.5. The van der Waals surface area contributed by atoms with Gasteiger partial charge in [0, 0.05) is 44.7 Å². The van der Waals surface area contributed by atoms with Gasteiger partial charge in [0.15, 0.2) is 5.82 Å². The average molecular weight is 330 g/mol. The number of aromatic nitrogens is 2. The van der Waals surface area contributed by atoms with Crippen LogP contribution in [0.25, 0.3) is 0 Å². The third-order valence-electron chi connectivity index (χ3n) is 4.69. The van der Waals surface area contributed by atoms with Crippen LogP contribution in [0.5, 0.6) is 0 Å². The van der Waals surface area contributed by atoms with Crippen LogP contribution in [0.1, 0.15) is 30.0 Å². The molecule has 126 valence electrons. The number of benzene rings is 1. The highest BCUT2D eigenvalue weighted by Gasteiger charge is 2.26. The summed E-state index contributed by atoms with van der Waals surface area (Å²) in [5, 5.41) is 8.69. The van der Waals surface area contributed by atoms with Gasteiger partial charge in [-0.25, -0.2) is 8.78 Å². The fourth-order valence-electron chi connectivity index (χ4n) is 3.20. The van der Waals surface area contributed by atoms with Gasteiger partial charge in [-0.1, -0.05) is 0 Å². The summed E-state index contributed by atoms with van der Waals surface area (Å²) in [4.78, 5) is 4.42. The molecule has 0 unspecified atom stereocenters. The molecule has 6 heteroatoms. The maximum atomic E-state index is 13.3. The van der Waals surface area contributed by atoms with Crippen molar-refractivity contribution in [3.8, 4) is 0 Å². The highest BCUT2D eigenvalue weighted by atomic mass is 19.1. The zero-order chi connectivity index (χ0) is 16.5. The molecule has 1 aromatic carbocycles. The molecule has 2 heterocycles. The second-order valence-electron chi connectivity index (χ2n) is 6.63. The van der Waals surface area contributed by atoms with Crippen molar-refractivity contribution in [2.75, 3.05) is 31.1 Å². The first-order valence-electron chi connectivity index (χ1n) is 8.43. The molecule has 24 heavy (non-hydrogen) atoms. The fourth-order valence-corrected chi connectivity index (χ4v) is 3.20. The van der Waals surface area contributed by atoms with E-state index in [1.54, 1.807) is 0 Å². The van der Waals surface area contributed by atoms with Crippen LogP contribution in [0, 0.1) is 11.6 Å². The lowest BCUT2D eigenvalue weighted by molar-refractivity contribution is 0.248. The molecule has 4 nitrogen and oxygen atoms in total. The molecular weight excluding hydrogens is 310 g/mol. The molecule has 1 aliphatic heterocycles. The van der Waals surface area contributed by atoms with Crippen molar-refractivity contribution in [3.05, 3.63) is 53.2 Å². The molecule has 0 bridgehead atoms. The molecule has 2 fully saturated rings. The van der Waals surface area contributed by atoms with E-state index in [-0.39, 0.29) is 0 Å². The van der Waals surface area contributed by atoms with E-state index >= 15 is 0 Å². The summed E-state index contributed by atoms with van der Waals surface area (Å²) in [6.07, 6.45) is 2.46. The van der Waals surface area contributed by atoms with Crippen LogP contribution in [0.2, 0.25) is 0 Å². The Morgan fingerprint density at radius 3 is 2.21 bits per heavy atom. The molecule has 2 aliphatic rings. The lowest BCUT2D eigenvalue weighted by atomic mass is 10.2. The highest BCUT2D eigenvalue weighted by Crippen LogP contribution is 2.38. The maximum Gasteiger partial charge on any atom is 0.151 e. The number of anilines is 1. The van der Waals surface area contributed by atoms with Crippen LogP contribution in [-0.2, 0) is 6.54 Å². The number of halogens is 2. The Hall–Kier alpha value is -2.08. The molecule has 1 saturated heterocycles. The Labute approximate surface area is 140 Å². The standard InChI is InChI=1S/C18H20F2N4/c19-15-9-13(10-16(20)11-15)12-23-5-7-24(8-6-23)18-4-3-17(21-22-18)14-1-2-14/h3-4,9-11,14H,1-2,5-8,12H2. The molecule has 4 rings (SSSR count). The minimum atomic E-state index is -0.519. The predicted molar refractivity (Wildman–Crippen MR) is 87.9 cm³/mol. The van der Waals surface area contributed by atoms with Gasteiger partial charge in [-0.3, -0.25) is 4.90 Å². The molecule has 0 N–H and O–H groups in total. The van der Waals surface area contributed by atoms with E-state index in [2.05, 4.69) is 32.1 Å². The van der Waals surface area contributed by atoms with E-state index < -0.39 is 11.6 Å². The summed E-state index contributed by atoms with van der Waals surface area (Å²) in [7, 11) is 0. The lowest BCUT2D eigenvalue weighted by Crippen LogP contribution is -2.46. The molecule has 1 aromatic heterocycles. The summed E-state index contributed by atoms with van der Waals surface area (Å²) in [6, 6.07) is 7.85. The average Bonchev–Trinajstić information content (AvgIpc) is 3.40. The van der Waals surface area contributed by atoms with Gasteiger partial charge < -0.3 is 4.90 Å². The van der Waals surface area contributed by atoms with Crippen molar-refractivity contribution in [3.63, 3.8) is 0 Å². The Balaban J connectivity index is 1.34. The minimum absolute atomic E-state index is 0.519. The Morgan fingerprint density at radius 2 is 1.62 bits per heavy atom. The topological polar surface area (TPSA) is 32.3 Å². The summed E-state index contributed by atoms with van der Waals surface area (Å²) < 4.78 is 26.6. The van der Waals surface area contributed by atoms with Crippen molar-refractivity contribution in [1.29, 1.82) is 0 Å². The second-order valence-corrected chi connectivity index (χ2v) is 6.63. The summed E-state index contributed by atoms with van der Waals surface area (Å²) in [5.74, 6) is 0.496. The van der Waals surface area contributed by atoms with Crippen LogP contribution >= 0.6 is 0 Å². The monoisotopic (exact) mass is 330 g/mol. The van der Waals surface area contributed by atoms with Gasteiger partial charge in [0.25, 0.3) is 0 Å². The quantitative estimate of drug-likeness (QED) is 0.863. The van der Waals surface area contributed by atoms with Crippen molar-refractivity contribution >= 4 is 5.82 Å². The fraction of sp³-hybridized carbons (Fsp3) is 0.444. The highest BCUT2D eigenvalue weighted by molar-refractivity contribution is 5.38. The Morgan fingerprint density at radius 1 is 0.917 bits per heavy atom. The van der Waals surface area contributed by atoms with Gasteiger partial charge in [0.2, 0.25) is 0 Å². The lowest BCUT2D eigenvalue weighted by Gasteiger charge is -2.35. The van der Waals surface area contributed by atoms with Crippen molar-refractivity contribution in [2.45, 2.75) is 25.3 Å².